The molecule has 17 heavy (non-hydrogen) atoms. The Morgan fingerprint density at radius 2 is 2.41 bits per heavy atom. The molecule has 0 aromatic carbocycles. The van der Waals surface area contributed by atoms with Gasteiger partial charge in [-0.05, 0) is 19.2 Å². The second-order valence-corrected chi connectivity index (χ2v) is 4.58. The lowest BCUT2D eigenvalue weighted by molar-refractivity contribution is 0.318. The number of thioether (sulfide) groups is 1. The van der Waals surface area contributed by atoms with Gasteiger partial charge in [-0.1, -0.05) is 5.16 Å². The molecule has 3 N–H and O–H groups in total. The van der Waals surface area contributed by atoms with Crippen molar-refractivity contribution in [3.63, 3.8) is 0 Å². The molecular weight excluding hydrogens is 238 g/mol. The highest BCUT2D eigenvalue weighted by molar-refractivity contribution is 7.98. The molecule has 0 amide bonds. The highest BCUT2D eigenvalue weighted by Gasteiger charge is 2.17. The lowest BCUT2D eigenvalue weighted by atomic mass is 10.2. The number of anilines is 1. The number of oxime groups is 1. The highest BCUT2D eigenvalue weighted by Crippen LogP contribution is 2.18. The number of amidine groups is 1. The molecule has 0 bridgehead atoms. The summed E-state index contributed by atoms with van der Waals surface area (Å²) in [5, 5.41) is 19.6. The average Bonchev–Trinajstić information content (AvgIpc) is 2.37. The third kappa shape index (κ3) is 3.23. The molecule has 0 aliphatic carbocycles. The van der Waals surface area contributed by atoms with Gasteiger partial charge in [-0.3, -0.25) is 0 Å². The van der Waals surface area contributed by atoms with E-state index in [1.54, 1.807) is 17.8 Å². The molecule has 1 aromatic heterocycles. The van der Waals surface area contributed by atoms with Crippen LogP contribution in [-0.2, 0) is 0 Å². The molecule has 0 aliphatic heterocycles. The Kier molecular flexibility index (Phi) is 5.02. The third-order valence-electron chi connectivity index (χ3n) is 2.49. The summed E-state index contributed by atoms with van der Waals surface area (Å²) in [6.07, 6.45) is 3.56. The Morgan fingerprint density at radius 1 is 1.71 bits per heavy atom. The quantitative estimate of drug-likeness (QED) is 0.349. The zero-order valence-corrected chi connectivity index (χ0v) is 11.0. The Morgan fingerprint density at radius 3 is 3.00 bits per heavy atom. The predicted octanol–water partition coefficient (Wildman–Crippen LogP) is 0.759. The van der Waals surface area contributed by atoms with E-state index in [0.717, 1.165) is 5.75 Å². The van der Waals surface area contributed by atoms with E-state index in [1.165, 1.54) is 6.20 Å². The number of hydrogen-bond donors (Lipinski definition) is 2. The van der Waals surface area contributed by atoms with Gasteiger partial charge in [-0.2, -0.15) is 16.9 Å². The number of hydrogen-bond acceptors (Lipinski definition) is 6. The average molecular weight is 255 g/mol. The van der Waals surface area contributed by atoms with Crippen molar-refractivity contribution in [1.29, 1.82) is 0 Å². The number of nitrogens with two attached hydrogens (primary N) is 1. The predicted molar refractivity (Wildman–Crippen MR) is 70.8 cm³/mol. The summed E-state index contributed by atoms with van der Waals surface area (Å²) < 4.78 is 0. The summed E-state index contributed by atoms with van der Waals surface area (Å²) in [4.78, 5) is 1.97. The van der Waals surface area contributed by atoms with Crippen LogP contribution >= 0.6 is 11.8 Å². The van der Waals surface area contributed by atoms with Crippen molar-refractivity contribution in [1.82, 2.24) is 10.2 Å². The molecule has 0 saturated heterocycles. The van der Waals surface area contributed by atoms with Gasteiger partial charge in [-0.25, -0.2) is 0 Å². The molecule has 1 heterocycles. The van der Waals surface area contributed by atoms with Gasteiger partial charge in [-0.15, -0.1) is 5.10 Å². The topological polar surface area (TPSA) is 87.6 Å². The second-order valence-electron chi connectivity index (χ2n) is 3.67. The molecular formula is C10H17N5OS. The minimum Gasteiger partial charge on any atom is -0.409 e. The molecule has 0 aliphatic rings. The van der Waals surface area contributed by atoms with Crippen LogP contribution in [0.2, 0.25) is 0 Å². The van der Waals surface area contributed by atoms with Gasteiger partial charge in [0.1, 0.15) is 0 Å². The first-order chi connectivity index (χ1) is 8.11. The first kappa shape index (κ1) is 13.6. The molecule has 0 spiro atoms. The Bertz CT molecular complexity index is 398. The van der Waals surface area contributed by atoms with Gasteiger partial charge in [0.15, 0.2) is 11.7 Å². The molecule has 1 rings (SSSR count). The standard InChI is InChI=1S/C10H17N5OS/c1-7(6-17-3)15(2)10-8(9(11)14-16)4-5-12-13-10/h4-5,7,16H,6H2,1-3H3,(H2,11,14). The minimum atomic E-state index is 0.0399. The maximum Gasteiger partial charge on any atom is 0.173 e. The lowest BCUT2D eigenvalue weighted by Crippen LogP contribution is -2.34. The van der Waals surface area contributed by atoms with E-state index in [-0.39, 0.29) is 11.9 Å². The summed E-state index contributed by atoms with van der Waals surface area (Å²) in [6.45, 7) is 2.08. The maximum absolute atomic E-state index is 8.73. The first-order valence-corrected chi connectivity index (χ1v) is 6.52. The normalized spacial score (nSPS) is 13.5. The Labute approximate surface area is 105 Å². The summed E-state index contributed by atoms with van der Waals surface area (Å²) in [6, 6.07) is 1.96. The van der Waals surface area contributed by atoms with E-state index in [9.17, 15) is 0 Å². The fraction of sp³-hybridized carbons (Fsp3) is 0.500. The summed E-state index contributed by atoms with van der Waals surface area (Å²) >= 11 is 1.75. The van der Waals surface area contributed by atoms with Crippen molar-refractivity contribution in [3.8, 4) is 0 Å². The number of rotatable bonds is 5. The van der Waals surface area contributed by atoms with Gasteiger partial charge in [0.2, 0.25) is 0 Å². The van der Waals surface area contributed by atoms with Crippen molar-refractivity contribution in [2.75, 3.05) is 24.0 Å². The van der Waals surface area contributed by atoms with E-state index < -0.39 is 0 Å². The minimum absolute atomic E-state index is 0.0399. The van der Waals surface area contributed by atoms with E-state index in [4.69, 9.17) is 10.9 Å². The van der Waals surface area contributed by atoms with Crippen LogP contribution in [0, 0.1) is 0 Å². The first-order valence-electron chi connectivity index (χ1n) is 5.13. The SMILES string of the molecule is CSCC(C)N(C)c1nnccc1/C(N)=N/O. The molecule has 1 atom stereocenters. The van der Waals surface area contributed by atoms with Crippen LogP contribution in [0.25, 0.3) is 0 Å². The van der Waals surface area contributed by atoms with Crippen molar-refractivity contribution in [2.24, 2.45) is 10.9 Å². The molecule has 94 valence electrons. The van der Waals surface area contributed by atoms with Crippen molar-refractivity contribution in [2.45, 2.75) is 13.0 Å². The monoisotopic (exact) mass is 255 g/mol. The summed E-state index contributed by atoms with van der Waals surface area (Å²) in [7, 11) is 1.92. The van der Waals surface area contributed by atoms with Crippen molar-refractivity contribution < 1.29 is 5.21 Å². The van der Waals surface area contributed by atoms with Gasteiger partial charge in [0.25, 0.3) is 0 Å². The smallest absolute Gasteiger partial charge is 0.173 e. The lowest BCUT2D eigenvalue weighted by Gasteiger charge is -2.26. The van der Waals surface area contributed by atoms with E-state index >= 15 is 0 Å². The molecule has 0 fully saturated rings. The molecule has 1 aromatic rings. The van der Waals surface area contributed by atoms with Crippen LogP contribution in [0.1, 0.15) is 12.5 Å². The number of aromatic nitrogens is 2. The fourth-order valence-corrected chi connectivity index (χ4v) is 2.11. The van der Waals surface area contributed by atoms with E-state index in [0.29, 0.717) is 11.4 Å². The second kappa shape index (κ2) is 6.29. The zero-order valence-electron chi connectivity index (χ0n) is 10.2. The van der Waals surface area contributed by atoms with E-state index in [2.05, 4.69) is 22.3 Å². The molecule has 0 saturated carbocycles. The van der Waals surface area contributed by atoms with Crippen LogP contribution in [0.5, 0.6) is 0 Å². The summed E-state index contributed by atoms with van der Waals surface area (Å²) in [5.74, 6) is 1.62. The van der Waals surface area contributed by atoms with Gasteiger partial charge in [0.05, 0.1) is 11.8 Å². The molecule has 7 heteroatoms. The largest absolute Gasteiger partial charge is 0.409 e. The van der Waals surface area contributed by atoms with Crippen LogP contribution in [-0.4, -0.2) is 46.3 Å². The third-order valence-corrected chi connectivity index (χ3v) is 3.30. The number of nitrogens with zero attached hydrogens (tertiary/aromatic N) is 4. The zero-order chi connectivity index (χ0) is 12.8. The van der Waals surface area contributed by atoms with Crippen LogP contribution in [0.4, 0.5) is 5.82 Å². The van der Waals surface area contributed by atoms with Crippen LogP contribution in [0.15, 0.2) is 17.4 Å². The fourth-order valence-electron chi connectivity index (χ4n) is 1.40. The maximum atomic E-state index is 8.73. The Balaban J connectivity index is 3.04. The Hall–Kier alpha value is -1.50. The highest BCUT2D eigenvalue weighted by atomic mass is 32.2. The van der Waals surface area contributed by atoms with E-state index in [1.807, 2.05) is 18.2 Å². The van der Waals surface area contributed by atoms with Crippen molar-refractivity contribution in [3.05, 3.63) is 17.8 Å². The van der Waals surface area contributed by atoms with Gasteiger partial charge in [0, 0.05) is 18.8 Å². The molecule has 1 unspecified atom stereocenters. The molecule has 0 radical (unpaired) electrons. The van der Waals surface area contributed by atoms with Gasteiger partial charge >= 0.3 is 0 Å². The molecule has 6 nitrogen and oxygen atoms in total. The van der Waals surface area contributed by atoms with Crippen molar-refractivity contribution >= 4 is 23.4 Å². The van der Waals surface area contributed by atoms with Crippen LogP contribution < -0.4 is 10.6 Å². The summed E-state index contributed by atoms with van der Waals surface area (Å²) in [5.41, 5.74) is 6.19. The van der Waals surface area contributed by atoms with Crippen LogP contribution in [0.3, 0.4) is 0 Å². The van der Waals surface area contributed by atoms with Gasteiger partial charge < -0.3 is 15.8 Å².